The quantitative estimate of drug-likeness (QED) is 0.698. The van der Waals surface area contributed by atoms with E-state index in [-0.39, 0.29) is 11.2 Å². The van der Waals surface area contributed by atoms with Gasteiger partial charge in [0, 0.05) is 11.8 Å². The zero-order chi connectivity index (χ0) is 15.7. The molecular formula is C13H8F4N4O. The summed E-state index contributed by atoms with van der Waals surface area (Å²) in [5.74, 6) is -1.37. The summed E-state index contributed by atoms with van der Waals surface area (Å²) in [4.78, 5) is 10.1. The van der Waals surface area contributed by atoms with Gasteiger partial charge in [-0.25, -0.2) is 9.37 Å². The summed E-state index contributed by atoms with van der Waals surface area (Å²) in [5, 5.41) is 7.41. The minimum Gasteiger partial charge on any atom is -0.389 e. The number of halogens is 4. The third kappa shape index (κ3) is 2.57. The number of hydrogen-bond donors (Lipinski definition) is 0. The topological polar surface area (TPSA) is 52.8 Å². The Morgan fingerprint density at radius 3 is 2.73 bits per heavy atom. The maximum absolute atomic E-state index is 13.9. The molecule has 0 amide bonds. The van der Waals surface area contributed by atoms with E-state index in [2.05, 4.69) is 15.3 Å². The third-order valence-corrected chi connectivity index (χ3v) is 2.91. The fraction of sp³-hybridized carbons (Fsp3) is 0.154. The highest BCUT2D eigenvalue weighted by Gasteiger charge is 2.34. The molecule has 0 fully saturated rings. The molecule has 0 saturated carbocycles. The van der Waals surface area contributed by atoms with Crippen LogP contribution in [0.4, 0.5) is 17.6 Å². The van der Waals surface area contributed by atoms with Gasteiger partial charge in [-0.3, -0.25) is 0 Å². The first-order valence-electron chi connectivity index (χ1n) is 6.11. The lowest BCUT2D eigenvalue weighted by molar-refractivity contribution is -0.140. The second-order valence-electron chi connectivity index (χ2n) is 4.36. The molecule has 0 saturated heterocycles. The highest BCUT2D eigenvalue weighted by atomic mass is 19.4. The lowest BCUT2D eigenvalue weighted by atomic mass is 10.1. The molecule has 0 aliphatic rings. The van der Waals surface area contributed by atoms with Gasteiger partial charge in [-0.1, -0.05) is 17.0 Å². The summed E-state index contributed by atoms with van der Waals surface area (Å²) < 4.78 is 51.7. The second kappa shape index (κ2) is 5.24. The molecule has 0 unspecified atom stereocenters. The van der Waals surface area contributed by atoms with E-state index in [1.807, 2.05) is 0 Å². The summed E-state index contributed by atoms with van der Waals surface area (Å²) in [7, 11) is 0. The largest absolute Gasteiger partial charge is 0.419 e. The van der Waals surface area contributed by atoms with Crippen LogP contribution in [0, 0.1) is 5.82 Å². The zero-order valence-electron chi connectivity index (χ0n) is 10.9. The minimum atomic E-state index is -4.76. The van der Waals surface area contributed by atoms with E-state index in [9.17, 15) is 17.6 Å². The normalized spacial score (nSPS) is 11.8. The molecule has 0 radical (unpaired) electrons. The molecule has 1 aromatic carbocycles. The van der Waals surface area contributed by atoms with Crippen LogP contribution in [-0.4, -0.2) is 20.1 Å². The number of nitrogens with zero attached hydrogens (tertiary/aromatic N) is 4. The monoisotopic (exact) mass is 312 g/mol. The van der Waals surface area contributed by atoms with E-state index < -0.39 is 24.2 Å². The van der Waals surface area contributed by atoms with Crippen molar-refractivity contribution >= 4 is 11.2 Å². The van der Waals surface area contributed by atoms with E-state index in [4.69, 9.17) is 4.84 Å². The maximum atomic E-state index is 13.9. The molecule has 0 spiro atoms. The Labute approximate surface area is 121 Å². The molecule has 0 atom stereocenters. The average Bonchev–Trinajstić information content (AvgIpc) is 2.88. The van der Waals surface area contributed by atoms with Crippen LogP contribution in [-0.2, 0) is 12.8 Å². The molecule has 0 aliphatic carbocycles. The number of alkyl halides is 3. The SMILES string of the molecule is Fc1c(COn2nnc3cccnc32)cccc1C(F)(F)F. The molecule has 0 N–H and O–H groups in total. The summed E-state index contributed by atoms with van der Waals surface area (Å²) in [5.41, 5.74) is -0.841. The average molecular weight is 312 g/mol. The second-order valence-corrected chi connectivity index (χ2v) is 4.36. The van der Waals surface area contributed by atoms with Gasteiger partial charge in [0.05, 0.1) is 5.56 Å². The Hall–Kier alpha value is -2.71. The number of hydrogen-bond acceptors (Lipinski definition) is 4. The fourth-order valence-corrected chi connectivity index (χ4v) is 1.87. The van der Waals surface area contributed by atoms with Gasteiger partial charge >= 0.3 is 6.18 Å². The fourth-order valence-electron chi connectivity index (χ4n) is 1.87. The van der Waals surface area contributed by atoms with Crippen molar-refractivity contribution in [3.05, 3.63) is 53.5 Å². The molecule has 3 aromatic rings. The van der Waals surface area contributed by atoms with Crippen molar-refractivity contribution in [2.24, 2.45) is 0 Å². The predicted molar refractivity (Wildman–Crippen MR) is 67.0 cm³/mol. The van der Waals surface area contributed by atoms with Crippen LogP contribution in [0.25, 0.3) is 11.2 Å². The van der Waals surface area contributed by atoms with Gasteiger partial charge in [-0.05, 0) is 23.4 Å². The molecule has 2 heterocycles. The summed E-state index contributed by atoms with van der Waals surface area (Å²) in [6.45, 7) is -0.440. The Morgan fingerprint density at radius 1 is 1.14 bits per heavy atom. The number of pyridine rings is 1. The van der Waals surface area contributed by atoms with Crippen LogP contribution >= 0.6 is 0 Å². The third-order valence-electron chi connectivity index (χ3n) is 2.91. The van der Waals surface area contributed by atoms with E-state index in [1.54, 1.807) is 12.1 Å². The van der Waals surface area contributed by atoms with Crippen molar-refractivity contribution in [1.29, 1.82) is 0 Å². The zero-order valence-corrected chi connectivity index (χ0v) is 10.9. The molecule has 114 valence electrons. The van der Waals surface area contributed by atoms with Gasteiger partial charge in [0.25, 0.3) is 0 Å². The summed E-state index contributed by atoms with van der Waals surface area (Å²) in [6.07, 6.45) is -3.28. The minimum absolute atomic E-state index is 0.241. The lowest BCUT2D eigenvalue weighted by Gasteiger charge is -2.11. The molecule has 5 nitrogen and oxygen atoms in total. The Balaban J connectivity index is 1.85. The smallest absolute Gasteiger partial charge is 0.389 e. The Kier molecular flexibility index (Phi) is 3.39. The van der Waals surface area contributed by atoms with Gasteiger partial charge in [0.15, 0.2) is 0 Å². The Morgan fingerprint density at radius 2 is 1.95 bits per heavy atom. The highest BCUT2D eigenvalue weighted by molar-refractivity contribution is 5.68. The Bertz CT molecular complexity index is 815. The standard InChI is InChI=1S/C13H8F4N4O/c14-11-8(3-1-4-9(11)13(15,16)17)7-22-21-12-10(19-20-21)5-2-6-18-12/h1-6H,7H2. The molecule has 0 aliphatic heterocycles. The number of benzene rings is 1. The van der Waals surface area contributed by atoms with Crippen molar-refractivity contribution in [2.75, 3.05) is 0 Å². The van der Waals surface area contributed by atoms with E-state index in [1.165, 1.54) is 12.3 Å². The number of rotatable bonds is 3. The number of fused-ring (bicyclic) bond motifs is 1. The molecule has 2 aromatic heterocycles. The molecule has 9 heteroatoms. The predicted octanol–water partition coefficient (Wildman–Crippen LogP) is 2.61. The van der Waals surface area contributed by atoms with E-state index in [0.29, 0.717) is 11.6 Å². The summed E-state index contributed by atoms with van der Waals surface area (Å²) >= 11 is 0. The molecule has 3 rings (SSSR count). The van der Waals surface area contributed by atoms with Crippen molar-refractivity contribution in [3.8, 4) is 0 Å². The maximum Gasteiger partial charge on any atom is 0.419 e. The first kappa shape index (κ1) is 14.2. The lowest BCUT2D eigenvalue weighted by Crippen LogP contribution is -2.16. The van der Waals surface area contributed by atoms with Crippen molar-refractivity contribution < 1.29 is 22.4 Å². The molecular weight excluding hydrogens is 304 g/mol. The highest BCUT2D eigenvalue weighted by Crippen LogP contribution is 2.32. The van der Waals surface area contributed by atoms with Gasteiger partial charge in [0.2, 0.25) is 5.65 Å². The van der Waals surface area contributed by atoms with Gasteiger partial charge < -0.3 is 4.84 Å². The van der Waals surface area contributed by atoms with Crippen LogP contribution in [0.2, 0.25) is 0 Å². The van der Waals surface area contributed by atoms with Crippen molar-refractivity contribution in [2.45, 2.75) is 12.8 Å². The van der Waals surface area contributed by atoms with Crippen LogP contribution < -0.4 is 4.84 Å². The van der Waals surface area contributed by atoms with Crippen LogP contribution in [0.3, 0.4) is 0 Å². The van der Waals surface area contributed by atoms with Crippen molar-refractivity contribution in [1.82, 2.24) is 20.1 Å². The first-order chi connectivity index (χ1) is 10.5. The van der Waals surface area contributed by atoms with E-state index in [0.717, 1.165) is 10.9 Å². The van der Waals surface area contributed by atoms with Gasteiger partial charge in [-0.2, -0.15) is 13.2 Å². The van der Waals surface area contributed by atoms with E-state index >= 15 is 0 Å². The van der Waals surface area contributed by atoms with Gasteiger partial charge in [-0.15, -0.1) is 5.10 Å². The number of aromatic nitrogens is 4. The summed E-state index contributed by atoms with van der Waals surface area (Å²) in [6, 6.07) is 6.28. The first-order valence-corrected chi connectivity index (χ1v) is 6.11. The van der Waals surface area contributed by atoms with Gasteiger partial charge in [0.1, 0.15) is 17.9 Å². The van der Waals surface area contributed by atoms with Crippen LogP contribution in [0.5, 0.6) is 0 Å². The van der Waals surface area contributed by atoms with Crippen molar-refractivity contribution in [3.63, 3.8) is 0 Å². The van der Waals surface area contributed by atoms with Crippen LogP contribution in [0.1, 0.15) is 11.1 Å². The molecule has 22 heavy (non-hydrogen) atoms. The molecule has 0 bridgehead atoms. The van der Waals surface area contributed by atoms with Crippen LogP contribution in [0.15, 0.2) is 36.5 Å².